The fraction of sp³-hybridized carbons (Fsp3) is 0.500. The van der Waals surface area contributed by atoms with Gasteiger partial charge in [0.15, 0.2) is 17.5 Å². The smallest absolute Gasteiger partial charge is 0.191 e. The number of rotatable bonds is 9. The van der Waals surface area contributed by atoms with Gasteiger partial charge in [0, 0.05) is 44.7 Å². The molecule has 9 nitrogen and oxygen atoms in total. The molecule has 0 amide bonds. The van der Waals surface area contributed by atoms with Gasteiger partial charge in [-0.1, -0.05) is 6.92 Å². The van der Waals surface area contributed by atoms with Gasteiger partial charge < -0.3 is 29.4 Å². The third-order valence-electron chi connectivity index (χ3n) is 4.11. The topological polar surface area (TPSA) is 94.8 Å². The Kier molecular flexibility index (Phi) is 7.72. The molecule has 27 heavy (non-hydrogen) atoms. The third kappa shape index (κ3) is 5.25. The first-order chi connectivity index (χ1) is 13.2. The minimum absolute atomic E-state index is 0.524. The van der Waals surface area contributed by atoms with E-state index in [1.165, 1.54) is 0 Å². The number of hydrogen-bond acceptors (Lipinski definition) is 6. The Hall–Kier alpha value is -2.97. The third-order valence-corrected chi connectivity index (χ3v) is 4.11. The molecule has 0 aliphatic carbocycles. The molecule has 0 fully saturated rings. The number of aliphatic imine (C=N–C) groups is 1. The van der Waals surface area contributed by atoms with E-state index < -0.39 is 0 Å². The van der Waals surface area contributed by atoms with E-state index in [0.29, 0.717) is 36.3 Å². The van der Waals surface area contributed by atoms with Crippen LogP contribution in [-0.4, -0.2) is 55.6 Å². The number of aromatic nitrogens is 3. The molecule has 1 heterocycles. The van der Waals surface area contributed by atoms with E-state index in [4.69, 9.17) is 14.2 Å². The van der Waals surface area contributed by atoms with Gasteiger partial charge in [0.2, 0.25) is 0 Å². The van der Waals surface area contributed by atoms with Gasteiger partial charge in [-0.2, -0.15) is 0 Å². The molecule has 0 atom stereocenters. The molecule has 9 heteroatoms. The Bertz CT molecular complexity index is 760. The molecule has 2 N–H and O–H groups in total. The molecule has 1 aromatic heterocycles. The van der Waals surface area contributed by atoms with Crippen LogP contribution in [-0.2, 0) is 19.5 Å². The maximum absolute atomic E-state index is 5.46. The summed E-state index contributed by atoms with van der Waals surface area (Å²) in [6.45, 7) is 4.05. The highest BCUT2D eigenvalue weighted by Crippen LogP contribution is 2.34. The van der Waals surface area contributed by atoms with Crippen molar-refractivity contribution in [1.82, 2.24) is 25.4 Å². The summed E-state index contributed by atoms with van der Waals surface area (Å²) in [5, 5.41) is 14.6. The number of hydrogen-bond donors (Lipinski definition) is 2. The van der Waals surface area contributed by atoms with E-state index in [0.717, 1.165) is 24.4 Å². The number of guanidine groups is 1. The van der Waals surface area contributed by atoms with Crippen LogP contribution < -0.4 is 24.8 Å². The van der Waals surface area contributed by atoms with Crippen LogP contribution in [0.1, 0.15) is 18.3 Å². The van der Waals surface area contributed by atoms with Crippen molar-refractivity contribution < 1.29 is 14.2 Å². The summed E-state index contributed by atoms with van der Waals surface area (Å²) in [5.41, 5.74) is 0.935. The fourth-order valence-electron chi connectivity index (χ4n) is 2.66. The molecule has 0 saturated carbocycles. The number of methoxy groups -OCH3 is 3. The van der Waals surface area contributed by atoms with Gasteiger partial charge in [0.1, 0.15) is 17.9 Å². The van der Waals surface area contributed by atoms with E-state index in [2.05, 4.69) is 32.7 Å². The molecule has 148 valence electrons. The van der Waals surface area contributed by atoms with Crippen LogP contribution in [0, 0.1) is 0 Å². The Morgan fingerprint density at radius 3 is 2.41 bits per heavy atom. The zero-order valence-corrected chi connectivity index (χ0v) is 16.6. The largest absolute Gasteiger partial charge is 0.496 e. The highest BCUT2D eigenvalue weighted by molar-refractivity contribution is 5.79. The average Bonchev–Trinajstić information content (AvgIpc) is 3.17. The molecule has 1 aromatic carbocycles. The van der Waals surface area contributed by atoms with E-state index in [1.54, 1.807) is 34.7 Å². The SMILES string of the molecule is CCc1nncn1CCNC(=NC)NCc1cc(OC)c(OC)cc1OC. The monoisotopic (exact) mass is 376 g/mol. The normalized spacial score (nSPS) is 11.2. The average molecular weight is 376 g/mol. The lowest BCUT2D eigenvalue weighted by atomic mass is 10.1. The first-order valence-corrected chi connectivity index (χ1v) is 8.76. The zero-order valence-electron chi connectivity index (χ0n) is 16.6. The van der Waals surface area contributed by atoms with Crippen LogP contribution in [0.15, 0.2) is 23.5 Å². The summed E-state index contributed by atoms with van der Waals surface area (Å²) in [6, 6.07) is 3.70. The molecular weight excluding hydrogens is 348 g/mol. The fourth-order valence-corrected chi connectivity index (χ4v) is 2.66. The van der Waals surface area contributed by atoms with Crippen molar-refractivity contribution in [3.05, 3.63) is 29.8 Å². The number of benzene rings is 1. The molecule has 0 unspecified atom stereocenters. The predicted molar refractivity (Wildman–Crippen MR) is 104 cm³/mol. The van der Waals surface area contributed by atoms with Crippen LogP contribution in [0.5, 0.6) is 17.2 Å². The standard InChI is InChI=1S/C18H28N6O3/c1-6-17-23-22-12-24(17)8-7-20-18(19-2)21-11-13-9-15(26-4)16(27-5)10-14(13)25-3/h9-10,12H,6-8,11H2,1-5H3,(H2,19,20,21). The molecule has 2 aromatic rings. The van der Waals surface area contributed by atoms with Gasteiger partial charge in [0.25, 0.3) is 0 Å². The van der Waals surface area contributed by atoms with E-state index in [1.807, 2.05) is 16.7 Å². The molecule has 0 spiro atoms. The van der Waals surface area contributed by atoms with Gasteiger partial charge in [-0.3, -0.25) is 4.99 Å². The van der Waals surface area contributed by atoms with Gasteiger partial charge in [-0.15, -0.1) is 10.2 Å². The second-order valence-corrected chi connectivity index (χ2v) is 5.67. The summed E-state index contributed by atoms with van der Waals surface area (Å²) < 4.78 is 18.2. The van der Waals surface area contributed by atoms with Crippen LogP contribution >= 0.6 is 0 Å². The maximum Gasteiger partial charge on any atom is 0.191 e. The van der Waals surface area contributed by atoms with Crippen molar-refractivity contribution in [2.24, 2.45) is 4.99 Å². The maximum atomic E-state index is 5.46. The number of ether oxygens (including phenoxy) is 3. The van der Waals surface area contributed by atoms with E-state index >= 15 is 0 Å². The van der Waals surface area contributed by atoms with Crippen LogP contribution in [0.4, 0.5) is 0 Å². The summed E-state index contributed by atoms with van der Waals surface area (Å²) in [4.78, 5) is 4.25. The Balaban J connectivity index is 1.95. The van der Waals surface area contributed by atoms with Crippen molar-refractivity contribution >= 4 is 5.96 Å². The van der Waals surface area contributed by atoms with Gasteiger partial charge in [0.05, 0.1) is 21.3 Å². The van der Waals surface area contributed by atoms with Crippen molar-refractivity contribution in [2.45, 2.75) is 26.4 Å². The lowest BCUT2D eigenvalue weighted by Crippen LogP contribution is -2.38. The lowest BCUT2D eigenvalue weighted by molar-refractivity contribution is 0.347. The second kappa shape index (κ2) is 10.2. The molecule has 0 bridgehead atoms. The Labute approximate surface area is 159 Å². The highest BCUT2D eigenvalue weighted by Gasteiger charge is 2.12. The zero-order chi connectivity index (χ0) is 19.6. The van der Waals surface area contributed by atoms with Crippen LogP contribution in [0.3, 0.4) is 0 Å². The summed E-state index contributed by atoms with van der Waals surface area (Å²) in [5.74, 6) is 3.65. The number of nitrogens with one attached hydrogen (secondary N) is 2. The lowest BCUT2D eigenvalue weighted by Gasteiger charge is -2.16. The van der Waals surface area contributed by atoms with Crippen molar-refractivity contribution in [3.8, 4) is 17.2 Å². The summed E-state index contributed by atoms with van der Waals surface area (Å²) in [7, 11) is 6.57. The Morgan fingerprint density at radius 1 is 1.07 bits per heavy atom. The molecule has 0 aliphatic rings. The number of nitrogens with zero attached hydrogens (tertiary/aromatic N) is 4. The van der Waals surface area contributed by atoms with Crippen molar-refractivity contribution in [3.63, 3.8) is 0 Å². The van der Waals surface area contributed by atoms with Gasteiger partial charge in [-0.05, 0) is 6.07 Å². The molecule has 0 aliphatic heterocycles. The minimum atomic E-state index is 0.524. The predicted octanol–water partition coefficient (Wildman–Crippen LogP) is 1.23. The quantitative estimate of drug-likeness (QED) is 0.502. The minimum Gasteiger partial charge on any atom is -0.496 e. The van der Waals surface area contributed by atoms with Crippen molar-refractivity contribution in [1.29, 1.82) is 0 Å². The molecule has 2 rings (SSSR count). The van der Waals surface area contributed by atoms with Crippen LogP contribution in [0.2, 0.25) is 0 Å². The molecular formula is C18H28N6O3. The van der Waals surface area contributed by atoms with Gasteiger partial charge >= 0.3 is 0 Å². The van der Waals surface area contributed by atoms with Crippen molar-refractivity contribution in [2.75, 3.05) is 34.9 Å². The highest BCUT2D eigenvalue weighted by atomic mass is 16.5. The molecule has 0 radical (unpaired) electrons. The van der Waals surface area contributed by atoms with Crippen LogP contribution in [0.25, 0.3) is 0 Å². The number of aryl methyl sites for hydroxylation is 1. The Morgan fingerprint density at radius 2 is 1.78 bits per heavy atom. The van der Waals surface area contributed by atoms with E-state index in [9.17, 15) is 0 Å². The van der Waals surface area contributed by atoms with E-state index in [-0.39, 0.29) is 0 Å². The molecule has 0 saturated heterocycles. The van der Waals surface area contributed by atoms with Gasteiger partial charge in [-0.25, -0.2) is 0 Å². The first kappa shape index (κ1) is 20.3. The second-order valence-electron chi connectivity index (χ2n) is 5.67. The summed E-state index contributed by atoms with van der Waals surface area (Å²) in [6.07, 6.45) is 2.59. The first-order valence-electron chi connectivity index (χ1n) is 8.76. The summed E-state index contributed by atoms with van der Waals surface area (Å²) >= 11 is 0.